The molecule has 9 heavy (non-hydrogen) atoms. The van der Waals surface area contributed by atoms with Crippen LogP contribution in [0.15, 0.2) is 0 Å². The van der Waals surface area contributed by atoms with Gasteiger partial charge in [-0.2, -0.15) is 0 Å². The third kappa shape index (κ3) is 669. The van der Waals surface area contributed by atoms with Crippen molar-refractivity contribution in [2.45, 2.75) is 0 Å². The first-order valence-electron chi connectivity index (χ1n) is 0. The molecule has 0 aliphatic carbocycles. The van der Waals surface area contributed by atoms with Crippen molar-refractivity contribution < 1.29 is 41.2 Å². The summed E-state index contributed by atoms with van der Waals surface area (Å²) in [6.45, 7) is 0. The van der Waals surface area contributed by atoms with Crippen LogP contribution in [0.3, 0.4) is 0 Å². The van der Waals surface area contributed by atoms with E-state index < -0.39 is 0 Å². The fourth-order valence-corrected chi connectivity index (χ4v) is 0. The van der Waals surface area contributed by atoms with Crippen LogP contribution in [0.2, 0.25) is 0 Å². The number of halogens is 1. The zero-order valence-electron chi connectivity index (χ0n) is 6.62. The zero-order valence-corrected chi connectivity index (χ0v) is 6.85. The average Bonchev–Trinajstić information content (AvgIpc) is 0. The Kier molecular flexibility index (Phi) is 122000. The Labute approximate surface area is 77.1 Å². The second kappa shape index (κ2) is 881. The second-order valence-electron chi connectivity index (χ2n) is 0. The predicted octanol–water partition coefficient (Wildman–Crippen LogP) is -5.51. The van der Waals surface area contributed by atoms with Crippen molar-refractivity contribution in [3.63, 3.8) is 0 Å². The van der Waals surface area contributed by atoms with Gasteiger partial charge in [0.1, 0.15) is 0 Å². The molecule has 7 nitrogen and oxygen atoms in total. The molecule has 0 aromatic heterocycles. The molecule has 0 unspecified atom stereocenters. The molecule has 0 aliphatic heterocycles. The number of hydrogen-bond donors (Lipinski definition) is 0. The molecule has 0 atom stereocenters. The summed E-state index contributed by atoms with van der Waals surface area (Å²) in [5.74, 6) is 0. The minimum Gasteiger partial charge on any atom is -1.00 e. The SMILES string of the molecule is Cl.O.O.O.O.O.O.O.[H-].[H-].[Mg+2]. The number of rotatable bonds is 0. The van der Waals surface area contributed by atoms with E-state index in [1.54, 1.807) is 0 Å². The topological polar surface area (TPSA) is 220 Å². The van der Waals surface area contributed by atoms with Gasteiger partial charge >= 0.3 is 23.1 Å². The molecule has 68 valence electrons. The summed E-state index contributed by atoms with van der Waals surface area (Å²) in [7, 11) is 0. The van der Waals surface area contributed by atoms with E-state index in [0.717, 1.165) is 0 Å². The molecule has 0 aliphatic rings. The molecule has 0 spiro atoms. The minimum absolute atomic E-state index is 0. The van der Waals surface area contributed by atoms with E-state index in [4.69, 9.17) is 0 Å². The Hall–Kier alpha value is 0.776. The maximum Gasteiger partial charge on any atom is 2.00 e. The third-order valence-corrected chi connectivity index (χ3v) is 0. The average molecular weight is 189 g/mol. The molecule has 9 heteroatoms. The van der Waals surface area contributed by atoms with Crippen molar-refractivity contribution in [1.82, 2.24) is 0 Å². The summed E-state index contributed by atoms with van der Waals surface area (Å²) in [5.41, 5.74) is 0. The molecule has 0 saturated carbocycles. The van der Waals surface area contributed by atoms with Crippen LogP contribution in [-0.2, 0) is 0 Å². The van der Waals surface area contributed by atoms with Crippen molar-refractivity contribution in [3.8, 4) is 0 Å². The van der Waals surface area contributed by atoms with Gasteiger partial charge in [-0.25, -0.2) is 0 Å². The van der Waals surface area contributed by atoms with Crippen molar-refractivity contribution >= 4 is 35.5 Å². The van der Waals surface area contributed by atoms with E-state index in [2.05, 4.69) is 0 Å². The molecule has 0 fully saturated rings. The molecule has 0 rings (SSSR count). The molecule has 0 saturated heterocycles. The van der Waals surface area contributed by atoms with E-state index in [9.17, 15) is 0 Å². The normalized spacial score (nSPS) is 0. The van der Waals surface area contributed by atoms with Gasteiger partial charge in [-0.1, -0.05) is 0 Å². The first-order chi connectivity index (χ1) is 0. The van der Waals surface area contributed by atoms with Crippen LogP contribution in [0.25, 0.3) is 0 Å². The van der Waals surface area contributed by atoms with E-state index in [1.807, 2.05) is 0 Å². The fraction of sp³-hybridized carbons (Fsp3) is 0. The van der Waals surface area contributed by atoms with Gasteiger partial charge in [0, 0.05) is 0 Å². The van der Waals surface area contributed by atoms with Gasteiger partial charge in [0.25, 0.3) is 0 Å². The van der Waals surface area contributed by atoms with Gasteiger partial charge in [0.15, 0.2) is 0 Å². The first-order valence-corrected chi connectivity index (χ1v) is 0. The standard InChI is InChI=1S/ClH.Mg.7H2O.2H/h1H;;7*1H2;;/q;+2;;;;;;;;2*-1. The van der Waals surface area contributed by atoms with Crippen LogP contribution in [0.4, 0.5) is 0 Å². The van der Waals surface area contributed by atoms with E-state index in [1.165, 1.54) is 0 Å². The Balaban J connectivity index is 0. The smallest absolute Gasteiger partial charge is 1.00 e. The summed E-state index contributed by atoms with van der Waals surface area (Å²) in [5, 5.41) is 0. The second-order valence-corrected chi connectivity index (χ2v) is 0. The van der Waals surface area contributed by atoms with Crippen LogP contribution in [-0.4, -0.2) is 61.4 Å². The molecule has 0 radical (unpaired) electrons. The van der Waals surface area contributed by atoms with Crippen LogP contribution in [0.1, 0.15) is 2.85 Å². The summed E-state index contributed by atoms with van der Waals surface area (Å²) in [6, 6.07) is 0. The largest absolute Gasteiger partial charge is 2.00 e. The van der Waals surface area contributed by atoms with Crippen molar-refractivity contribution in [3.05, 3.63) is 0 Å². The Bertz CT molecular complexity index is 16.4. The van der Waals surface area contributed by atoms with E-state index in [0.29, 0.717) is 0 Å². The third-order valence-electron chi connectivity index (χ3n) is 0. The molecule has 0 heterocycles. The van der Waals surface area contributed by atoms with Gasteiger partial charge in [-0.05, 0) is 0 Å². The van der Waals surface area contributed by atoms with Crippen molar-refractivity contribution in [2.24, 2.45) is 0 Å². The first kappa shape index (κ1) is 1250. The van der Waals surface area contributed by atoms with Gasteiger partial charge in [0.2, 0.25) is 0 Å². The van der Waals surface area contributed by atoms with Crippen LogP contribution < -0.4 is 0 Å². The minimum atomic E-state index is 0. The summed E-state index contributed by atoms with van der Waals surface area (Å²) < 4.78 is 0. The molecular formula is H17ClMgO7. The summed E-state index contributed by atoms with van der Waals surface area (Å²) in [4.78, 5) is 0. The Morgan fingerprint density at radius 1 is 0.444 bits per heavy atom. The Morgan fingerprint density at radius 2 is 0.444 bits per heavy atom. The van der Waals surface area contributed by atoms with Crippen LogP contribution in [0.5, 0.6) is 0 Å². The van der Waals surface area contributed by atoms with E-state index in [-0.39, 0.29) is 76.6 Å². The Morgan fingerprint density at radius 3 is 0.444 bits per heavy atom. The van der Waals surface area contributed by atoms with E-state index >= 15 is 0 Å². The molecule has 14 N–H and O–H groups in total. The summed E-state index contributed by atoms with van der Waals surface area (Å²) in [6.07, 6.45) is 0. The van der Waals surface area contributed by atoms with Crippen molar-refractivity contribution in [1.29, 1.82) is 0 Å². The van der Waals surface area contributed by atoms with Gasteiger partial charge in [0.05, 0.1) is 0 Å². The molecule has 0 amide bonds. The maximum absolute atomic E-state index is 0. The van der Waals surface area contributed by atoms with Gasteiger partial charge in [-0.3, -0.25) is 0 Å². The molecular weight excluding hydrogens is 172 g/mol. The van der Waals surface area contributed by atoms with Gasteiger partial charge in [-0.15, -0.1) is 12.4 Å². The zero-order chi connectivity index (χ0) is 0. The fourth-order valence-electron chi connectivity index (χ4n) is 0. The van der Waals surface area contributed by atoms with Crippen LogP contribution in [0, 0.1) is 0 Å². The van der Waals surface area contributed by atoms with Crippen LogP contribution >= 0.6 is 12.4 Å². The quantitative estimate of drug-likeness (QED) is 0.325. The number of hydrogen-bond acceptors (Lipinski definition) is 0. The summed E-state index contributed by atoms with van der Waals surface area (Å²) >= 11 is 0. The van der Waals surface area contributed by atoms with Gasteiger partial charge < -0.3 is 41.2 Å². The predicted molar refractivity (Wildman–Crippen MR) is 40.5 cm³/mol. The maximum atomic E-state index is 0. The molecule has 0 aromatic carbocycles. The molecule has 0 aromatic rings. The monoisotopic (exact) mass is 188 g/mol. The van der Waals surface area contributed by atoms with Crippen molar-refractivity contribution in [2.75, 3.05) is 0 Å². The molecule has 0 bridgehead atoms.